The third kappa shape index (κ3) is 3.28. The van der Waals surface area contributed by atoms with E-state index in [0.29, 0.717) is 17.2 Å². The molecule has 0 N–H and O–H groups in total. The molecule has 0 amide bonds. The van der Waals surface area contributed by atoms with Gasteiger partial charge in [-0.05, 0) is 54.3 Å². The molecule has 0 atom stereocenters. The van der Waals surface area contributed by atoms with E-state index in [-0.39, 0.29) is 0 Å². The van der Waals surface area contributed by atoms with Crippen LogP contribution in [0, 0.1) is 13.8 Å². The molecule has 0 saturated carbocycles. The Labute approximate surface area is 156 Å². The van der Waals surface area contributed by atoms with E-state index in [4.69, 9.17) is 14.2 Å². The third-order valence-electron chi connectivity index (χ3n) is 5.30. The highest BCUT2D eigenvalue weighted by Gasteiger charge is 2.25. The molecule has 0 aliphatic carbocycles. The molecule has 1 aliphatic heterocycles. The highest BCUT2D eigenvalue weighted by atomic mass is 16.5. The molecule has 0 fully saturated rings. The molecule has 0 aromatic heterocycles. The van der Waals surface area contributed by atoms with E-state index in [1.165, 1.54) is 28.0 Å². The number of likely N-dealkylation sites (N-methyl/N-ethyl adjacent to an activating group) is 1. The lowest BCUT2D eigenvalue weighted by Gasteiger charge is -2.19. The van der Waals surface area contributed by atoms with Crippen LogP contribution in [0.3, 0.4) is 0 Å². The second-order valence-corrected chi connectivity index (χ2v) is 6.92. The molecule has 2 aromatic rings. The minimum Gasteiger partial charge on any atom is -0.493 e. The maximum Gasteiger partial charge on any atom is 0.203 e. The first-order valence-electron chi connectivity index (χ1n) is 8.94. The lowest BCUT2D eigenvalue weighted by Crippen LogP contribution is -2.29. The quantitative estimate of drug-likeness (QED) is 0.769. The average molecular weight is 354 g/mol. The average Bonchev–Trinajstić information content (AvgIpc) is 2.64. The molecule has 4 heteroatoms. The highest BCUT2D eigenvalue weighted by Crippen LogP contribution is 2.38. The summed E-state index contributed by atoms with van der Waals surface area (Å²) in [4.78, 5) is 0. The van der Waals surface area contributed by atoms with Crippen molar-refractivity contribution in [3.05, 3.63) is 52.1 Å². The van der Waals surface area contributed by atoms with E-state index >= 15 is 0 Å². The predicted octanol–water partition coefficient (Wildman–Crippen LogP) is 3.56. The van der Waals surface area contributed by atoms with Crippen molar-refractivity contribution in [3.63, 3.8) is 0 Å². The summed E-state index contributed by atoms with van der Waals surface area (Å²) < 4.78 is 18.8. The molecule has 26 heavy (non-hydrogen) atoms. The van der Waals surface area contributed by atoms with Crippen molar-refractivity contribution in [2.45, 2.75) is 26.7 Å². The van der Waals surface area contributed by atoms with Crippen molar-refractivity contribution in [3.8, 4) is 17.2 Å². The van der Waals surface area contributed by atoms with E-state index in [0.717, 1.165) is 24.9 Å². The van der Waals surface area contributed by atoms with Crippen LogP contribution in [0.4, 0.5) is 0 Å². The van der Waals surface area contributed by atoms with Gasteiger partial charge in [0.2, 0.25) is 5.75 Å². The molecule has 0 bridgehead atoms. The SMILES string of the molecule is COc1cc(CC2=[N+](C)CCc3cc(C)c(C)cc32)cc(OC)c1OC. The maximum absolute atomic E-state index is 5.51. The van der Waals surface area contributed by atoms with Crippen molar-refractivity contribution < 1.29 is 18.8 Å². The van der Waals surface area contributed by atoms with Crippen LogP contribution in [0.1, 0.15) is 27.8 Å². The Kier molecular flexibility index (Phi) is 5.21. The first-order valence-corrected chi connectivity index (χ1v) is 8.94. The smallest absolute Gasteiger partial charge is 0.203 e. The van der Waals surface area contributed by atoms with Crippen LogP contribution < -0.4 is 14.2 Å². The number of fused-ring (bicyclic) bond motifs is 1. The first-order chi connectivity index (χ1) is 12.5. The van der Waals surface area contributed by atoms with Crippen LogP contribution in [0.15, 0.2) is 24.3 Å². The number of aryl methyl sites for hydroxylation is 2. The lowest BCUT2D eigenvalue weighted by molar-refractivity contribution is -0.498. The fourth-order valence-corrected chi connectivity index (χ4v) is 3.64. The second-order valence-electron chi connectivity index (χ2n) is 6.92. The standard InChI is InChI=1S/C22H28NO3/c1-14-9-17-7-8-23(3)19(18(17)10-15(14)2)11-16-12-20(24-4)22(26-6)21(13-16)25-5/h9-10,12-13H,7-8,11H2,1-6H3/q+1. The van der Waals surface area contributed by atoms with Gasteiger partial charge < -0.3 is 14.2 Å². The summed E-state index contributed by atoms with van der Waals surface area (Å²) in [5.74, 6) is 2.02. The normalized spacial score (nSPS) is 13.5. The molecular formula is C22H28NO3+. The van der Waals surface area contributed by atoms with Gasteiger partial charge in [0.05, 0.1) is 27.8 Å². The monoisotopic (exact) mass is 354 g/mol. The van der Waals surface area contributed by atoms with Gasteiger partial charge >= 0.3 is 0 Å². The van der Waals surface area contributed by atoms with Crippen LogP contribution in [0.25, 0.3) is 0 Å². The zero-order valence-corrected chi connectivity index (χ0v) is 16.6. The van der Waals surface area contributed by atoms with Gasteiger partial charge in [-0.15, -0.1) is 0 Å². The Bertz CT molecular complexity index is 843. The van der Waals surface area contributed by atoms with Gasteiger partial charge in [-0.3, -0.25) is 0 Å². The first kappa shape index (κ1) is 18.3. The molecule has 3 rings (SSSR count). The lowest BCUT2D eigenvalue weighted by atomic mass is 9.89. The van der Waals surface area contributed by atoms with Gasteiger partial charge in [0.1, 0.15) is 13.6 Å². The Hall–Kier alpha value is -2.49. The van der Waals surface area contributed by atoms with E-state index in [9.17, 15) is 0 Å². The largest absolute Gasteiger partial charge is 0.493 e. The van der Waals surface area contributed by atoms with Crippen molar-refractivity contribution >= 4 is 5.71 Å². The minimum absolute atomic E-state index is 0.632. The Balaban J connectivity index is 2.05. The van der Waals surface area contributed by atoms with Crippen LogP contribution in [-0.2, 0) is 12.8 Å². The van der Waals surface area contributed by atoms with Crippen molar-refractivity contribution in [1.29, 1.82) is 0 Å². The summed E-state index contributed by atoms with van der Waals surface area (Å²) in [6.07, 6.45) is 1.91. The number of ether oxygens (including phenoxy) is 3. The zero-order chi connectivity index (χ0) is 18.8. The van der Waals surface area contributed by atoms with Gasteiger partial charge in [0.25, 0.3) is 0 Å². The van der Waals surface area contributed by atoms with E-state index in [2.05, 4.69) is 37.6 Å². The summed E-state index contributed by atoms with van der Waals surface area (Å²) in [5, 5.41) is 0. The Morgan fingerprint density at radius 2 is 1.50 bits per heavy atom. The van der Waals surface area contributed by atoms with Gasteiger partial charge in [-0.1, -0.05) is 6.07 Å². The minimum atomic E-state index is 0.632. The van der Waals surface area contributed by atoms with E-state index in [1.807, 2.05) is 12.1 Å². The fourth-order valence-electron chi connectivity index (χ4n) is 3.64. The molecule has 0 radical (unpaired) electrons. The summed E-state index contributed by atoms with van der Waals surface area (Å²) in [6.45, 7) is 5.41. The molecule has 1 heterocycles. The molecule has 0 spiro atoms. The summed E-state index contributed by atoms with van der Waals surface area (Å²) in [5.41, 5.74) is 7.97. The van der Waals surface area contributed by atoms with Gasteiger partial charge in [-0.25, -0.2) is 4.58 Å². The summed E-state index contributed by atoms with van der Waals surface area (Å²) in [7, 11) is 7.11. The summed E-state index contributed by atoms with van der Waals surface area (Å²) in [6, 6.07) is 8.75. The van der Waals surface area contributed by atoms with Crippen molar-refractivity contribution in [2.24, 2.45) is 0 Å². The third-order valence-corrected chi connectivity index (χ3v) is 5.30. The topological polar surface area (TPSA) is 30.7 Å². The molecule has 2 aromatic carbocycles. The number of methoxy groups -OCH3 is 3. The molecule has 1 aliphatic rings. The van der Waals surface area contributed by atoms with Crippen molar-refractivity contribution in [1.82, 2.24) is 0 Å². The Morgan fingerprint density at radius 1 is 0.885 bits per heavy atom. The molecular weight excluding hydrogens is 326 g/mol. The zero-order valence-electron chi connectivity index (χ0n) is 16.6. The number of nitrogens with zero attached hydrogens (tertiary/aromatic N) is 1. The predicted molar refractivity (Wildman–Crippen MR) is 105 cm³/mol. The molecule has 0 unspecified atom stereocenters. The highest BCUT2D eigenvalue weighted by molar-refractivity contribution is 6.00. The van der Waals surface area contributed by atoms with Crippen LogP contribution in [0.5, 0.6) is 17.2 Å². The molecule has 138 valence electrons. The van der Waals surface area contributed by atoms with Crippen LogP contribution in [-0.4, -0.2) is 45.2 Å². The van der Waals surface area contributed by atoms with Gasteiger partial charge in [-0.2, -0.15) is 0 Å². The number of rotatable bonds is 5. The van der Waals surface area contributed by atoms with E-state index < -0.39 is 0 Å². The molecule has 4 nitrogen and oxygen atoms in total. The van der Waals surface area contributed by atoms with Gasteiger partial charge in [0, 0.05) is 12.0 Å². The second kappa shape index (κ2) is 7.40. The van der Waals surface area contributed by atoms with Crippen LogP contribution in [0.2, 0.25) is 0 Å². The van der Waals surface area contributed by atoms with Crippen molar-refractivity contribution in [2.75, 3.05) is 34.9 Å². The molecule has 0 saturated heterocycles. The number of hydrogen-bond donors (Lipinski definition) is 0. The van der Waals surface area contributed by atoms with Gasteiger partial charge in [0.15, 0.2) is 17.2 Å². The number of hydrogen-bond acceptors (Lipinski definition) is 3. The number of benzene rings is 2. The van der Waals surface area contributed by atoms with E-state index in [1.54, 1.807) is 21.3 Å². The van der Waals surface area contributed by atoms with Crippen LogP contribution >= 0.6 is 0 Å². The Morgan fingerprint density at radius 3 is 2.08 bits per heavy atom. The maximum atomic E-state index is 5.51. The summed E-state index contributed by atoms with van der Waals surface area (Å²) >= 11 is 0. The fraction of sp³-hybridized carbons (Fsp3) is 0.409.